The molecule has 0 aliphatic carbocycles. The van der Waals surface area contributed by atoms with Crippen molar-refractivity contribution >= 4 is 34.5 Å². The molecule has 1 aromatic rings. The molecule has 0 saturated carbocycles. The predicted octanol–water partition coefficient (Wildman–Crippen LogP) is 2.79. The van der Waals surface area contributed by atoms with Crippen LogP contribution in [0.25, 0.3) is 0 Å². The van der Waals surface area contributed by atoms with Gasteiger partial charge in [-0.2, -0.15) is 0 Å². The lowest BCUT2D eigenvalue weighted by molar-refractivity contribution is -0.153. The van der Waals surface area contributed by atoms with Crippen LogP contribution < -0.4 is 4.74 Å². The third-order valence-corrected chi connectivity index (χ3v) is 4.10. The zero-order chi connectivity index (χ0) is 13.1. The Labute approximate surface area is 119 Å². The van der Waals surface area contributed by atoms with Crippen LogP contribution in [0.2, 0.25) is 0 Å². The van der Waals surface area contributed by atoms with Crippen LogP contribution in [0, 0.1) is 0 Å². The van der Waals surface area contributed by atoms with E-state index >= 15 is 0 Å². The van der Waals surface area contributed by atoms with Crippen LogP contribution in [0.1, 0.15) is 31.4 Å². The summed E-state index contributed by atoms with van der Waals surface area (Å²) < 4.78 is 10.3. The third kappa shape index (κ3) is 2.82. The van der Waals surface area contributed by atoms with Crippen LogP contribution in [0.3, 0.4) is 0 Å². The predicted molar refractivity (Wildman–Crippen MR) is 73.6 cm³/mol. The maximum Gasteiger partial charge on any atom is 0.319 e. The Morgan fingerprint density at radius 3 is 3.00 bits per heavy atom. The quantitative estimate of drug-likeness (QED) is 0.360. The van der Waals surface area contributed by atoms with Gasteiger partial charge >= 0.3 is 11.9 Å². The zero-order valence-electron chi connectivity index (χ0n) is 9.89. The molecule has 0 spiro atoms. The fourth-order valence-corrected chi connectivity index (χ4v) is 1.90. The van der Waals surface area contributed by atoms with Crippen molar-refractivity contribution in [2.24, 2.45) is 0 Å². The molecule has 4 nitrogen and oxygen atoms in total. The maximum absolute atomic E-state index is 11.8. The van der Waals surface area contributed by atoms with Gasteiger partial charge in [-0.1, -0.05) is 47.7 Å². The molecule has 5 heteroatoms. The topological polar surface area (TPSA) is 52.6 Å². The third-order valence-electron chi connectivity index (χ3n) is 2.71. The van der Waals surface area contributed by atoms with Crippen molar-refractivity contribution in [2.45, 2.75) is 29.8 Å². The summed E-state index contributed by atoms with van der Waals surface area (Å²) >= 11 is 2.04. The molecule has 2 rings (SSSR count). The molecule has 2 atom stereocenters. The van der Waals surface area contributed by atoms with Gasteiger partial charge in [-0.25, -0.2) is 0 Å². The second-order valence-electron chi connectivity index (χ2n) is 4.02. The molecule has 0 aromatic heterocycles. The average Bonchev–Trinajstić information content (AvgIpc) is 2.37. The first kappa shape index (κ1) is 13.3. The molecule has 1 heterocycles. The Hall–Kier alpha value is -1.11. The minimum atomic E-state index is -0.529. The molecular weight excluding hydrogens is 347 g/mol. The van der Waals surface area contributed by atoms with Crippen molar-refractivity contribution in [3.8, 4) is 5.75 Å². The first-order valence-electron chi connectivity index (χ1n) is 5.76. The maximum atomic E-state index is 11.8. The summed E-state index contributed by atoms with van der Waals surface area (Å²) in [6, 6.07) is 7.13. The lowest BCUT2D eigenvalue weighted by Gasteiger charge is -2.25. The fourth-order valence-electron chi connectivity index (χ4n) is 1.75. The van der Waals surface area contributed by atoms with E-state index in [9.17, 15) is 9.59 Å². The lowest BCUT2D eigenvalue weighted by atomic mass is 10.0. The van der Waals surface area contributed by atoms with Crippen molar-refractivity contribution in [1.29, 1.82) is 0 Å². The van der Waals surface area contributed by atoms with E-state index in [1.807, 2.05) is 41.6 Å². The van der Waals surface area contributed by atoms with E-state index in [2.05, 4.69) is 0 Å². The van der Waals surface area contributed by atoms with Crippen LogP contribution in [-0.4, -0.2) is 15.9 Å². The summed E-state index contributed by atoms with van der Waals surface area (Å²) in [7, 11) is 0. The summed E-state index contributed by atoms with van der Waals surface area (Å²) in [5.74, 6) is -0.173. The molecule has 0 amide bonds. The van der Waals surface area contributed by atoms with Gasteiger partial charge in [0.1, 0.15) is 15.8 Å². The molecule has 0 N–H and O–H groups in total. The molecule has 1 aliphatic heterocycles. The molecule has 0 radical (unpaired) electrons. The first-order chi connectivity index (χ1) is 8.61. The molecule has 1 aliphatic rings. The number of fused-ring (bicyclic) bond motifs is 1. The van der Waals surface area contributed by atoms with Gasteiger partial charge in [-0.05, 0) is 12.5 Å². The number of alkyl halides is 1. The highest BCUT2D eigenvalue weighted by Crippen LogP contribution is 2.35. The van der Waals surface area contributed by atoms with E-state index < -0.39 is 6.10 Å². The highest BCUT2D eigenvalue weighted by atomic mass is 127. The van der Waals surface area contributed by atoms with Crippen LogP contribution >= 0.6 is 22.6 Å². The molecule has 2 unspecified atom stereocenters. The Kier molecular flexibility index (Phi) is 4.21. The zero-order valence-corrected chi connectivity index (χ0v) is 12.0. The summed E-state index contributed by atoms with van der Waals surface area (Å²) in [4.78, 5) is 23.2. The Bertz CT molecular complexity index is 472. The largest absolute Gasteiger partial charge is 0.456 e. The van der Waals surface area contributed by atoms with Gasteiger partial charge in [-0.3, -0.25) is 9.59 Å². The highest BCUT2D eigenvalue weighted by molar-refractivity contribution is 14.1. The van der Waals surface area contributed by atoms with E-state index in [0.29, 0.717) is 12.2 Å². The number of para-hydroxylation sites is 1. The van der Waals surface area contributed by atoms with E-state index in [-0.39, 0.29) is 22.3 Å². The summed E-state index contributed by atoms with van der Waals surface area (Å²) in [5.41, 5.74) is 0.755. The van der Waals surface area contributed by atoms with Crippen LogP contribution in [0.4, 0.5) is 0 Å². The van der Waals surface area contributed by atoms with Crippen molar-refractivity contribution < 1.29 is 19.1 Å². The minimum Gasteiger partial charge on any atom is -0.456 e. The van der Waals surface area contributed by atoms with E-state index in [0.717, 1.165) is 5.56 Å². The lowest BCUT2D eigenvalue weighted by Crippen LogP contribution is -2.26. The van der Waals surface area contributed by atoms with Gasteiger partial charge in [0.2, 0.25) is 0 Å². The Balaban J connectivity index is 2.19. The van der Waals surface area contributed by atoms with Gasteiger partial charge in [-0.15, -0.1) is 0 Å². The van der Waals surface area contributed by atoms with Crippen molar-refractivity contribution in [2.75, 3.05) is 0 Å². The number of esters is 2. The molecule has 0 saturated heterocycles. The SMILES string of the molecule is CCC(I)C(=O)OC1CC(=O)Oc2ccccc21. The number of rotatable bonds is 3. The monoisotopic (exact) mass is 360 g/mol. The van der Waals surface area contributed by atoms with Crippen LogP contribution in [-0.2, 0) is 14.3 Å². The smallest absolute Gasteiger partial charge is 0.319 e. The van der Waals surface area contributed by atoms with E-state index in [4.69, 9.17) is 9.47 Å². The Morgan fingerprint density at radius 1 is 1.56 bits per heavy atom. The number of benzene rings is 1. The van der Waals surface area contributed by atoms with Crippen LogP contribution in [0.15, 0.2) is 24.3 Å². The molecule has 0 fully saturated rings. The summed E-state index contributed by atoms with van der Waals surface area (Å²) in [6.07, 6.45) is 0.257. The molecule has 1 aromatic carbocycles. The van der Waals surface area contributed by atoms with Gasteiger partial charge in [0, 0.05) is 5.56 Å². The first-order valence-corrected chi connectivity index (χ1v) is 7.00. The minimum absolute atomic E-state index is 0.0792. The van der Waals surface area contributed by atoms with Gasteiger partial charge in [0.25, 0.3) is 0 Å². The highest BCUT2D eigenvalue weighted by Gasteiger charge is 2.30. The molecule has 96 valence electrons. The molecule has 18 heavy (non-hydrogen) atoms. The number of hydrogen-bond donors (Lipinski definition) is 0. The fraction of sp³-hybridized carbons (Fsp3) is 0.385. The summed E-state index contributed by atoms with van der Waals surface area (Å²) in [5, 5.41) is 0. The summed E-state index contributed by atoms with van der Waals surface area (Å²) in [6.45, 7) is 1.92. The van der Waals surface area contributed by atoms with E-state index in [1.165, 1.54) is 0 Å². The van der Waals surface area contributed by atoms with Crippen molar-refractivity contribution in [3.63, 3.8) is 0 Å². The van der Waals surface area contributed by atoms with E-state index in [1.54, 1.807) is 12.1 Å². The Morgan fingerprint density at radius 2 is 2.28 bits per heavy atom. The standard InChI is InChI=1S/C13H13IO4/c1-2-9(14)13(16)18-11-7-12(15)17-10-6-4-3-5-8(10)11/h3-6,9,11H,2,7H2,1H3. The van der Waals surface area contributed by atoms with Crippen molar-refractivity contribution in [3.05, 3.63) is 29.8 Å². The number of ether oxygens (including phenoxy) is 2. The second kappa shape index (κ2) is 5.69. The normalized spacial score (nSPS) is 19.7. The van der Waals surface area contributed by atoms with Crippen molar-refractivity contribution in [1.82, 2.24) is 0 Å². The molecular formula is C13H13IO4. The molecule has 0 bridgehead atoms. The van der Waals surface area contributed by atoms with Gasteiger partial charge in [0.15, 0.2) is 0 Å². The number of hydrogen-bond acceptors (Lipinski definition) is 4. The number of carbonyl (C=O) groups excluding carboxylic acids is 2. The second-order valence-corrected chi connectivity index (χ2v) is 5.52. The van der Waals surface area contributed by atoms with Gasteiger partial charge in [0.05, 0.1) is 6.42 Å². The number of halogens is 1. The van der Waals surface area contributed by atoms with Crippen LogP contribution in [0.5, 0.6) is 5.75 Å². The average molecular weight is 360 g/mol. The number of carbonyl (C=O) groups is 2. The van der Waals surface area contributed by atoms with Gasteiger partial charge < -0.3 is 9.47 Å².